The average molecular weight is 334 g/mol. The Hall–Kier alpha value is -1.50. The monoisotopic (exact) mass is 334 g/mol. The molecule has 0 radical (unpaired) electrons. The van der Waals surface area contributed by atoms with Crippen molar-refractivity contribution in [1.82, 2.24) is 9.80 Å². The Labute approximate surface area is 140 Å². The molecule has 1 saturated heterocycles. The summed E-state index contributed by atoms with van der Waals surface area (Å²) in [5.41, 5.74) is 1.19. The highest BCUT2D eigenvalue weighted by atomic mass is 32.2. The Balaban J connectivity index is 1.66. The molecule has 2 heterocycles. The van der Waals surface area contributed by atoms with Crippen LogP contribution in [0.15, 0.2) is 47.1 Å². The van der Waals surface area contributed by atoms with Crippen molar-refractivity contribution in [2.75, 3.05) is 19.7 Å². The fourth-order valence-corrected chi connectivity index (χ4v) is 3.50. The van der Waals surface area contributed by atoms with Crippen LogP contribution in [0.25, 0.3) is 0 Å². The molecular weight excluding hydrogens is 316 g/mol. The molecule has 1 aromatic carbocycles. The molecule has 0 N–H and O–H groups in total. The van der Waals surface area contributed by atoms with E-state index < -0.39 is 0 Å². The zero-order valence-electron chi connectivity index (χ0n) is 12.4. The number of hydrogen-bond donors (Lipinski definition) is 0. The first kappa shape index (κ1) is 15.4. The van der Waals surface area contributed by atoms with E-state index in [2.05, 4.69) is 15.9 Å². The lowest BCUT2D eigenvalue weighted by Gasteiger charge is -2.36. The second kappa shape index (κ2) is 7.17. The van der Waals surface area contributed by atoms with Crippen molar-refractivity contribution in [2.24, 2.45) is 0 Å². The molecule has 1 aromatic heterocycles. The van der Waals surface area contributed by atoms with E-state index in [-0.39, 0.29) is 0 Å². The lowest BCUT2D eigenvalue weighted by molar-refractivity contribution is 0.191. The van der Waals surface area contributed by atoms with Crippen LogP contribution in [0.1, 0.15) is 11.3 Å². The summed E-state index contributed by atoms with van der Waals surface area (Å²) in [6.45, 7) is 2.35. The Bertz CT molecular complexity index is 631. The molecule has 1 aliphatic heterocycles. The molecule has 0 unspecified atom stereocenters. The molecule has 0 atom stereocenters. The molecule has 3 rings (SSSR count). The van der Waals surface area contributed by atoms with E-state index in [4.69, 9.17) is 21.4 Å². The summed E-state index contributed by atoms with van der Waals surface area (Å²) in [5.74, 6) is 2.76. The number of nitrogens with zero attached hydrogens (tertiary/aromatic N) is 2. The van der Waals surface area contributed by atoms with Gasteiger partial charge in [-0.3, -0.25) is 4.90 Å². The first-order valence-electron chi connectivity index (χ1n) is 7.04. The SMILES string of the molecule is COc1ccccc1CN1CSC(=S)N(Cc2ccco2)C1. The Morgan fingerprint density at radius 2 is 2.09 bits per heavy atom. The smallest absolute Gasteiger partial charge is 0.139 e. The van der Waals surface area contributed by atoms with Crippen molar-refractivity contribution in [1.29, 1.82) is 0 Å². The summed E-state index contributed by atoms with van der Waals surface area (Å²) in [6, 6.07) is 12.0. The molecule has 0 aliphatic carbocycles. The van der Waals surface area contributed by atoms with Crippen LogP contribution in [0, 0.1) is 0 Å². The van der Waals surface area contributed by atoms with Crippen LogP contribution in [0.3, 0.4) is 0 Å². The van der Waals surface area contributed by atoms with Gasteiger partial charge < -0.3 is 14.1 Å². The molecule has 2 aromatic rings. The van der Waals surface area contributed by atoms with Crippen LogP contribution in [-0.2, 0) is 13.1 Å². The molecule has 1 fully saturated rings. The molecule has 0 amide bonds. The second-order valence-corrected chi connectivity index (χ2v) is 6.68. The van der Waals surface area contributed by atoms with Crippen molar-refractivity contribution in [3.63, 3.8) is 0 Å². The molecule has 0 spiro atoms. The Kier molecular flexibility index (Phi) is 5.02. The van der Waals surface area contributed by atoms with Crippen LogP contribution in [0.2, 0.25) is 0 Å². The standard InChI is InChI=1S/C16H18N2O2S2/c1-19-15-7-3-2-5-13(15)9-17-11-18(16(21)22-12-17)10-14-6-4-8-20-14/h2-8H,9-12H2,1H3. The fourth-order valence-electron chi connectivity index (χ4n) is 2.45. The van der Waals surface area contributed by atoms with Crippen molar-refractivity contribution < 1.29 is 9.15 Å². The third-order valence-electron chi connectivity index (χ3n) is 3.51. The summed E-state index contributed by atoms with van der Waals surface area (Å²) in [4.78, 5) is 4.51. The number of para-hydroxylation sites is 1. The number of thioether (sulfide) groups is 1. The lowest BCUT2D eigenvalue weighted by atomic mass is 10.2. The number of methoxy groups -OCH3 is 1. The summed E-state index contributed by atoms with van der Waals surface area (Å²) >= 11 is 7.15. The molecule has 4 nitrogen and oxygen atoms in total. The van der Waals surface area contributed by atoms with Crippen molar-refractivity contribution >= 4 is 28.3 Å². The maximum absolute atomic E-state index is 5.46. The third kappa shape index (κ3) is 3.63. The van der Waals surface area contributed by atoms with Gasteiger partial charge in [0.1, 0.15) is 15.8 Å². The van der Waals surface area contributed by atoms with E-state index in [1.54, 1.807) is 25.1 Å². The largest absolute Gasteiger partial charge is 0.496 e. The normalized spacial score (nSPS) is 16.0. The summed E-state index contributed by atoms with van der Waals surface area (Å²) in [7, 11) is 1.71. The van der Waals surface area contributed by atoms with Gasteiger partial charge >= 0.3 is 0 Å². The van der Waals surface area contributed by atoms with Gasteiger partial charge in [0.2, 0.25) is 0 Å². The van der Waals surface area contributed by atoms with Gasteiger partial charge in [0, 0.05) is 12.1 Å². The maximum atomic E-state index is 5.46. The van der Waals surface area contributed by atoms with Crippen LogP contribution in [0.4, 0.5) is 0 Å². The van der Waals surface area contributed by atoms with Gasteiger partial charge in [-0.05, 0) is 18.2 Å². The Morgan fingerprint density at radius 1 is 1.23 bits per heavy atom. The summed E-state index contributed by atoms with van der Waals surface area (Å²) in [6.07, 6.45) is 1.70. The molecule has 22 heavy (non-hydrogen) atoms. The predicted octanol–water partition coefficient (Wildman–Crippen LogP) is 3.54. The first-order chi connectivity index (χ1) is 10.8. The Morgan fingerprint density at radius 3 is 2.86 bits per heavy atom. The highest BCUT2D eigenvalue weighted by Crippen LogP contribution is 2.25. The zero-order valence-corrected chi connectivity index (χ0v) is 14.0. The highest BCUT2D eigenvalue weighted by molar-refractivity contribution is 8.22. The van der Waals surface area contributed by atoms with E-state index in [0.717, 1.165) is 34.9 Å². The molecule has 116 valence electrons. The van der Waals surface area contributed by atoms with E-state index in [9.17, 15) is 0 Å². The van der Waals surface area contributed by atoms with Gasteiger partial charge in [0.25, 0.3) is 0 Å². The van der Waals surface area contributed by atoms with Gasteiger partial charge in [-0.25, -0.2) is 0 Å². The van der Waals surface area contributed by atoms with Crippen LogP contribution in [-0.4, -0.2) is 33.8 Å². The van der Waals surface area contributed by atoms with Crippen LogP contribution in [0.5, 0.6) is 5.75 Å². The number of ether oxygens (including phenoxy) is 1. The van der Waals surface area contributed by atoms with Gasteiger partial charge in [-0.2, -0.15) is 0 Å². The van der Waals surface area contributed by atoms with Crippen molar-refractivity contribution in [2.45, 2.75) is 13.1 Å². The summed E-state index contributed by atoms with van der Waals surface area (Å²) < 4.78 is 11.8. The number of hydrogen-bond acceptors (Lipinski definition) is 5. The number of rotatable bonds is 5. The molecule has 0 bridgehead atoms. The lowest BCUT2D eigenvalue weighted by Crippen LogP contribution is -2.43. The van der Waals surface area contributed by atoms with Crippen molar-refractivity contribution in [3.8, 4) is 5.75 Å². The minimum atomic E-state index is 0.710. The van der Waals surface area contributed by atoms with E-state index in [0.29, 0.717) is 6.54 Å². The van der Waals surface area contributed by atoms with Crippen molar-refractivity contribution in [3.05, 3.63) is 54.0 Å². The van der Waals surface area contributed by atoms with Gasteiger partial charge in [0.05, 0.1) is 32.5 Å². The third-order valence-corrected chi connectivity index (χ3v) is 5.12. The number of furan rings is 1. The predicted molar refractivity (Wildman–Crippen MR) is 92.7 cm³/mol. The molecular formula is C16H18N2O2S2. The molecule has 1 aliphatic rings. The average Bonchev–Trinajstić information content (AvgIpc) is 3.04. The van der Waals surface area contributed by atoms with Crippen LogP contribution >= 0.6 is 24.0 Å². The number of thiocarbonyl (C=S) groups is 1. The second-order valence-electron chi connectivity index (χ2n) is 5.10. The first-order valence-corrected chi connectivity index (χ1v) is 8.44. The van der Waals surface area contributed by atoms with Crippen LogP contribution < -0.4 is 4.74 Å². The van der Waals surface area contributed by atoms with Gasteiger partial charge in [-0.1, -0.05) is 42.2 Å². The quantitative estimate of drug-likeness (QED) is 0.777. The highest BCUT2D eigenvalue weighted by Gasteiger charge is 2.23. The van der Waals surface area contributed by atoms with E-state index in [1.165, 1.54) is 5.56 Å². The van der Waals surface area contributed by atoms with Gasteiger partial charge in [-0.15, -0.1) is 0 Å². The minimum Gasteiger partial charge on any atom is -0.496 e. The van der Waals surface area contributed by atoms with Gasteiger partial charge in [0.15, 0.2) is 0 Å². The maximum Gasteiger partial charge on any atom is 0.139 e. The molecule has 0 saturated carbocycles. The molecule has 6 heteroatoms. The zero-order chi connectivity index (χ0) is 15.4. The fraction of sp³-hybridized carbons (Fsp3) is 0.312. The van der Waals surface area contributed by atoms with E-state index in [1.807, 2.05) is 30.3 Å². The number of benzene rings is 1. The topological polar surface area (TPSA) is 28.9 Å². The van der Waals surface area contributed by atoms with E-state index >= 15 is 0 Å². The minimum absolute atomic E-state index is 0.710. The summed E-state index contributed by atoms with van der Waals surface area (Å²) in [5, 5.41) is 0.